The Morgan fingerprint density at radius 1 is 0.500 bits per heavy atom. The first-order valence-electron chi connectivity index (χ1n) is 8.31. The van der Waals surface area contributed by atoms with Gasteiger partial charge in [-0.3, -0.25) is 0 Å². The van der Waals surface area contributed by atoms with E-state index in [1.807, 2.05) is 0 Å². The van der Waals surface area contributed by atoms with Crippen molar-refractivity contribution in [2.24, 2.45) is 10.8 Å². The summed E-state index contributed by atoms with van der Waals surface area (Å²) in [5.41, 5.74) is 3.29. The Bertz CT molecular complexity index is 511. The molecule has 0 aliphatic heterocycles. The molecule has 0 aromatic heterocycles. The maximum atomic E-state index is 2.37. The molecule has 0 saturated heterocycles. The van der Waals surface area contributed by atoms with Crippen LogP contribution in [0.15, 0.2) is 60.7 Å². The van der Waals surface area contributed by atoms with Gasteiger partial charge in [0.2, 0.25) is 0 Å². The standard InChI is InChI=1S/C22H30/c1-21(2,3)19(17-13-9-7-10-14-17)20(22(4,5)6)18-15-11-8-12-16-18/h7-16,19-20H,1-6H3/t19-,20-/m1/s1. The highest BCUT2D eigenvalue weighted by Crippen LogP contribution is 2.52. The second kappa shape index (κ2) is 6.28. The van der Waals surface area contributed by atoms with Gasteiger partial charge in [-0.25, -0.2) is 0 Å². The van der Waals surface area contributed by atoms with Gasteiger partial charge in [-0.1, -0.05) is 102 Å². The van der Waals surface area contributed by atoms with E-state index in [1.165, 1.54) is 11.1 Å². The predicted octanol–water partition coefficient (Wildman–Crippen LogP) is 6.65. The second-order valence-electron chi connectivity index (χ2n) is 8.51. The summed E-state index contributed by atoms with van der Waals surface area (Å²) in [6.07, 6.45) is 0. The van der Waals surface area contributed by atoms with Crippen LogP contribution >= 0.6 is 0 Å². The van der Waals surface area contributed by atoms with Crippen molar-refractivity contribution in [2.45, 2.75) is 53.4 Å². The zero-order valence-corrected chi connectivity index (χ0v) is 14.9. The molecular formula is C22H30. The summed E-state index contributed by atoms with van der Waals surface area (Å²) < 4.78 is 0. The van der Waals surface area contributed by atoms with Crippen molar-refractivity contribution in [2.75, 3.05) is 0 Å². The Hall–Kier alpha value is -1.56. The quantitative estimate of drug-likeness (QED) is 0.594. The van der Waals surface area contributed by atoms with Crippen molar-refractivity contribution in [1.82, 2.24) is 0 Å². The summed E-state index contributed by atoms with van der Waals surface area (Å²) in [7, 11) is 0. The van der Waals surface area contributed by atoms with Gasteiger partial charge in [0.1, 0.15) is 0 Å². The Morgan fingerprint density at radius 2 is 0.773 bits per heavy atom. The van der Waals surface area contributed by atoms with Gasteiger partial charge in [0.25, 0.3) is 0 Å². The zero-order chi connectivity index (χ0) is 16.4. The minimum atomic E-state index is 0.204. The number of rotatable bonds is 3. The van der Waals surface area contributed by atoms with Crippen LogP contribution in [0.4, 0.5) is 0 Å². The van der Waals surface area contributed by atoms with Gasteiger partial charge in [-0.15, -0.1) is 0 Å². The first-order chi connectivity index (χ1) is 10.2. The Labute approximate surface area is 136 Å². The fourth-order valence-corrected chi connectivity index (χ4v) is 3.71. The predicted molar refractivity (Wildman–Crippen MR) is 97.3 cm³/mol. The first kappa shape index (κ1) is 16.8. The molecule has 0 nitrogen and oxygen atoms in total. The summed E-state index contributed by atoms with van der Waals surface area (Å²) >= 11 is 0. The molecule has 2 aromatic rings. The topological polar surface area (TPSA) is 0 Å². The lowest BCUT2D eigenvalue weighted by Gasteiger charge is -2.44. The van der Waals surface area contributed by atoms with Gasteiger partial charge in [-0.2, -0.15) is 0 Å². The van der Waals surface area contributed by atoms with Crippen LogP contribution in [0, 0.1) is 10.8 Å². The second-order valence-corrected chi connectivity index (χ2v) is 8.51. The average molecular weight is 294 g/mol. The van der Waals surface area contributed by atoms with E-state index in [0.29, 0.717) is 11.8 Å². The Morgan fingerprint density at radius 3 is 1.00 bits per heavy atom. The van der Waals surface area contributed by atoms with Crippen molar-refractivity contribution in [1.29, 1.82) is 0 Å². The van der Waals surface area contributed by atoms with Crippen molar-refractivity contribution in [3.05, 3.63) is 71.8 Å². The van der Waals surface area contributed by atoms with Gasteiger partial charge >= 0.3 is 0 Å². The lowest BCUT2D eigenvalue weighted by Crippen LogP contribution is -2.32. The van der Waals surface area contributed by atoms with Crippen molar-refractivity contribution in [3.8, 4) is 0 Å². The van der Waals surface area contributed by atoms with Gasteiger partial charge in [0.15, 0.2) is 0 Å². The molecule has 0 bridgehead atoms. The molecule has 0 heteroatoms. The number of benzene rings is 2. The summed E-state index contributed by atoms with van der Waals surface area (Å²) in [4.78, 5) is 0. The molecule has 0 heterocycles. The molecule has 22 heavy (non-hydrogen) atoms. The highest BCUT2D eigenvalue weighted by molar-refractivity contribution is 5.32. The molecule has 0 fully saturated rings. The highest BCUT2D eigenvalue weighted by atomic mass is 14.4. The van der Waals surface area contributed by atoms with Crippen LogP contribution < -0.4 is 0 Å². The fraction of sp³-hybridized carbons (Fsp3) is 0.455. The van der Waals surface area contributed by atoms with Crippen molar-refractivity contribution >= 4 is 0 Å². The minimum absolute atomic E-state index is 0.204. The number of hydrogen-bond donors (Lipinski definition) is 0. The summed E-state index contributed by atoms with van der Waals surface area (Å²) in [5, 5.41) is 0. The molecule has 2 rings (SSSR count). The van der Waals surface area contributed by atoms with E-state index in [9.17, 15) is 0 Å². The fourth-order valence-electron chi connectivity index (χ4n) is 3.71. The van der Waals surface area contributed by atoms with Gasteiger partial charge in [0, 0.05) is 0 Å². The lowest BCUT2D eigenvalue weighted by atomic mass is 9.60. The summed E-state index contributed by atoms with van der Waals surface area (Å²) in [5.74, 6) is 0.965. The van der Waals surface area contributed by atoms with Crippen LogP contribution in [0.2, 0.25) is 0 Å². The third kappa shape index (κ3) is 3.80. The zero-order valence-electron chi connectivity index (χ0n) is 14.9. The van der Waals surface area contributed by atoms with Crippen LogP contribution in [-0.2, 0) is 0 Å². The van der Waals surface area contributed by atoms with Crippen LogP contribution in [0.25, 0.3) is 0 Å². The molecule has 0 saturated carbocycles. The molecule has 0 spiro atoms. The SMILES string of the molecule is CC(C)(C)[C@H](c1ccccc1)[C@@H](c1ccccc1)C(C)(C)C. The van der Waals surface area contributed by atoms with Crippen LogP contribution in [0.1, 0.15) is 64.5 Å². The van der Waals surface area contributed by atoms with Crippen molar-refractivity contribution in [3.63, 3.8) is 0 Å². The molecule has 0 N–H and O–H groups in total. The monoisotopic (exact) mass is 294 g/mol. The Balaban J connectivity index is 2.60. The lowest BCUT2D eigenvalue weighted by molar-refractivity contribution is 0.186. The average Bonchev–Trinajstić information content (AvgIpc) is 2.44. The van der Waals surface area contributed by atoms with Crippen LogP contribution in [0.3, 0.4) is 0 Å². The third-order valence-electron chi connectivity index (χ3n) is 4.52. The molecule has 0 radical (unpaired) electrons. The molecule has 0 aliphatic rings. The van der Waals surface area contributed by atoms with E-state index in [-0.39, 0.29) is 10.8 Å². The van der Waals surface area contributed by atoms with E-state index in [1.54, 1.807) is 0 Å². The van der Waals surface area contributed by atoms with E-state index in [2.05, 4.69) is 102 Å². The first-order valence-corrected chi connectivity index (χ1v) is 8.31. The normalized spacial score (nSPS) is 15.4. The molecule has 0 aliphatic carbocycles. The van der Waals surface area contributed by atoms with Crippen LogP contribution in [-0.4, -0.2) is 0 Å². The smallest absolute Gasteiger partial charge is 0.00394 e. The summed E-state index contributed by atoms with van der Waals surface area (Å²) in [6.45, 7) is 14.2. The van der Waals surface area contributed by atoms with E-state index in [4.69, 9.17) is 0 Å². The number of hydrogen-bond acceptors (Lipinski definition) is 0. The van der Waals surface area contributed by atoms with Crippen LogP contribution in [0.5, 0.6) is 0 Å². The van der Waals surface area contributed by atoms with Gasteiger partial charge < -0.3 is 0 Å². The molecule has 0 amide bonds. The molecular weight excluding hydrogens is 264 g/mol. The largest absolute Gasteiger partial charge is 0.0622 e. The molecule has 2 atom stereocenters. The Kier molecular flexibility index (Phi) is 4.80. The molecule has 2 aromatic carbocycles. The third-order valence-corrected chi connectivity index (χ3v) is 4.52. The van der Waals surface area contributed by atoms with E-state index in [0.717, 1.165) is 0 Å². The van der Waals surface area contributed by atoms with Crippen molar-refractivity contribution < 1.29 is 0 Å². The molecule has 118 valence electrons. The van der Waals surface area contributed by atoms with Gasteiger partial charge in [0.05, 0.1) is 0 Å². The summed E-state index contributed by atoms with van der Waals surface area (Å²) in [6, 6.07) is 22.0. The minimum Gasteiger partial charge on any atom is -0.0622 e. The maximum absolute atomic E-state index is 2.37. The highest BCUT2D eigenvalue weighted by Gasteiger charge is 2.40. The van der Waals surface area contributed by atoms with E-state index >= 15 is 0 Å². The molecule has 0 unspecified atom stereocenters. The van der Waals surface area contributed by atoms with E-state index < -0.39 is 0 Å². The van der Waals surface area contributed by atoms with Gasteiger partial charge in [-0.05, 0) is 33.8 Å². The maximum Gasteiger partial charge on any atom is -0.00394 e.